The predicted molar refractivity (Wildman–Crippen MR) is 94.4 cm³/mol. The van der Waals surface area contributed by atoms with E-state index in [4.69, 9.17) is 26.8 Å². The molecule has 0 spiro atoms. The van der Waals surface area contributed by atoms with E-state index in [1.807, 2.05) is 0 Å². The minimum Gasteiger partial charge on any atom is -0.495 e. The first-order valence-electron chi connectivity index (χ1n) is 7.16. The van der Waals surface area contributed by atoms with Gasteiger partial charge in [0.2, 0.25) is 0 Å². The Bertz CT molecular complexity index is 871. The van der Waals surface area contributed by atoms with Crippen molar-refractivity contribution in [3.63, 3.8) is 0 Å². The summed E-state index contributed by atoms with van der Waals surface area (Å²) >= 11 is 5.86. The van der Waals surface area contributed by atoms with E-state index in [0.29, 0.717) is 16.5 Å². The van der Waals surface area contributed by atoms with E-state index in [1.54, 1.807) is 12.1 Å². The second kappa shape index (κ2) is 8.17. The number of amides is 1. The number of esters is 1. The van der Waals surface area contributed by atoms with Crippen LogP contribution in [0.5, 0.6) is 5.75 Å². The van der Waals surface area contributed by atoms with Crippen molar-refractivity contribution in [1.82, 2.24) is 0 Å². The van der Waals surface area contributed by atoms with Crippen molar-refractivity contribution in [2.24, 2.45) is 0 Å². The van der Waals surface area contributed by atoms with Crippen LogP contribution >= 0.6 is 11.6 Å². The molecule has 3 N–H and O–H groups in total. The van der Waals surface area contributed by atoms with Gasteiger partial charge in [0.25, 0.3) is 11.6 Å². The molecule has 0 saturated heterocycles. The Kier molecular flexibility index (Phi) is 5.97. The van der Waals surface area contributed by atoms with Gasteiger partial charge in [0, 0.05) is 17.2 Å². The van der Waals surface area contributed by atoms with Crippen LogP contribution < -0.4 is 15.8 Å². The molecular formula is C16H14ClN3O6. The first-order chi connectivity index (χ1) is 12.3. The van der Waals surface area contributed by atoms with Gasteiger partial charge < -0.3 is 20.5 Å². The van der Waals surface area contributed by atoms with Crippen molar-refractivity contribution in [2.75, 3.05) is 24.8 Å². The van der Waals surface area contributed by atoms with Crippen molar-refractivity contribution >= 4 is 40.5 Å². The topological polar surface area (TPSA) is 134 Å². The van der Waals surface area contributed by atoms with Gasteiger partial charge in [0.05, 0.1) is 29.0 Å². The Labute approximate surface area is 152 Å². The number of anilines is 2. The number of nitrogen functional groups attached to an aromatic ring is 1. The number of halogens is 1. The lowest BCUT2D eigenvalue weighted by Gasteiger charge is -2.11. The van der Waals surface area contributed by atoms with Crippen molar-refractivity contribution in [1.29, 1.82) is 0 Å². The van der Waals surface area contributed by atoms with E-state index in [-0.39, 0.29) is 16.9 Å². The average molecular weight is 380 g/mol. The molecule has 0 heterocycles. The summed E-state index contributed by atoms with van der Waals surface area (Å²) in [5.41, 5.74) is 5.46. The Morgan fingerprint density at radius 3 is 2.62 bits per heavy atom. The summed E-state index contributed by atoms with van der Waals surface area (Å²) < 4.78 is 9.96. The van der Waals surface area contributed by atoms with Gasteiger partial charge in [0.1, 0.15) is 5.75 Å². The summed E-state index contributed by atoms with van der Waals surface area (Å²) in [5.74, 6) is -1.13. The summed E-state index contributed by atoms with van der Waals surface area (Å²) in [6, 6.07) is 7.95. The molecule has 26 heavy (non-hydrogen) atoms. The van der Waals surface area contributed by atoms with Gasteiger partial charge in [0.15, 0.2) is 6.61 Å². The highest BCUT2D eigenvalue weighted by molar-refractivity contribution is 6.31. The molecular weight excluding hydrogens is 366 g/mol. The maximum absolute atomic E-state index is 12.0. The lowest BCUT2D eigenvalue weighted by Crippen LogP contribution is -2.21. The van der Waals surface area contributed by atoms with Crippen LogP contribution in [0.15, 0.2) is 36.4 Å². The number of carbonyl (C=O) groups is 2. The molecule has 1 amide bonds. The van der Waals surface area contributed by atoms with Crippen LogP contribution in [0.25, 0.3) is 0 Å². The molecule has 0 aliphatic carbocycles. The molecule has 0 radical (unpaired) electrons. The molecule has 10 heteroatoms. The van der Waals surface area contributed by atoms with Gasteiger partial charge in [-0.05, 0) is 24.3 Å². The van der Waals surface area contributed by atoms with Crippen LogP contribution in [-0.4, -0.2) is 30.5 Å². The lowest BCUT2D eigenvalue weighted by molar-refractivity contribution is -0.384. The molecule has 2 aromatic carbocycles. The van der Waals surface area contributed by atoms with E-state index in [0.717, 1.165) is 18.2 Å². The third kappa shape index (κ3) is 4.61. The second-order valence-electron chi connectivity index (χ2n) is 5.00. The molecule has 136 valence electrons. The van der Waals surface area contributed by atoms with Crippen molar-refractivity contribution in [3.05, 3.63) is 57.1 Å². The zero-order valence-electron chi connectivity index (χ0n) is 13.5. The fourth-order valence-electron chi connectivity index (χ4n) is 2.02. The van der Waals surface area contributed by atoms with E-state index in [1.165, 1.54) is 13.2 Å². The fourth-order valence-corrected chi connectivity index (χ4v) is 2.19. The van der Waals surface area contributed by atoms with Crippen LogP contribution in [0.1, 0.15) is 10.4 Å². The molecule has 2 rings (SSSR count). The number of rotatable bonds is 6. The summed E-state index contributed by atoms with van der Waals surface area (Å²) in [6.45, 7) is -0.592. The summed E-state index contributed by atoms with van der Waals surface area (Å²) in [4.78, 5) is 34.0. The Balaban J connectivity index is 2.00. The molecule has 0 aliphatic rings. The van der Waals surface area contributed by atoms with Crippen molar-refractivity contribution in [3.8, 4) is 5.75 Å². The second-order valence-corrected chi connectivity index (χ2v) is 5.43. The van der Waals surface area contributed by atoms with Gasteiger partial charge in [-0.3, -0.25) is 14.9 Å². The third-order valence-electron chi connectivity index (χ3n) is 3.24. The third-order valence-corrected chi connectivity index (χ3v) is 3.47. The monoisotopic (exact) mass is 379 g/mol. The minimum absolute atomic E-state index is 0.0799. The minimum atomic E-state index is -0.884. The number of hydrogen-bond donors (Lipinski definition) is 2. The number of nitrogens with one attached hydrogen (secondary N) is 1. The van der Waals surface area contributed by atoms with E-state index < -0.39 is 23.4 Å². The maximum atomic E-state index is 12.0. The molecule has 0 saturated carbocycles. The standard InChI is InChI=1S/C16H14ClN3O6/c1-25-14-5-2-9(17)6-13(14)19-15(21)8-26-16(22)11-4-3-10(20(23)24)7-12(11)18/h2-7H,8,18H2,1H3,(H,19,21). The first kappa shape index (κ1) is 19.0. The summed E-state index contributed by atoms with van der Waals surface area (Å²) in [5, 5.41) is 13.5. The number of nitrogens with two attached hydrogens (primary N) is 1. The average Bonchev–Trinajstić information content (AvgIpc) is 2.59. The lowest BCUT2D eigenvalue weighted by atomic mass is 10.1. The van der Waals surface area contributed by atoms with Crippen LogP contribution in [-0.2, 0) is 9.53 Å². The van der Waals surface area contributed by atoms with Crippen molar-refractivity contribution in [2.45, 2.75) is 0 Å². The highest BCUT2D eigenvalue weighted by Gasteiger charge is 2.17. The highest BCUT2D eigenvalue weighted by atomic mass is 35.5. The number of nitrogens with zero attached hydrogens (tertiary/aromatic N) is 1. The number of non-ortho nitro benzene ring substituents is 1. The van der Waals surface area contributed by atoms with Crippen LogP contribution in [0, 0.1) is 10.1 Å². The smallest absolute Gasteiger partial charge is 0.340 e. The van der Waals surface area contributed by atoms with E-state index in [2.05, 4.69) is 5.32 Å². The zero-order chi connectivity index (χ0) is 19.3. The summed E-state index contributed by atoms with van der Waals surface area (Å²) in [7, 11) is 1.43. The molecule has 0 unspecified atom stereocenters. The fraction of sp³-hybridized carbons (Fsp3) is 0.125. The molecule has 0 bridgehead atoms. The quantitative estimate of drug-likeness (QED) is 0.341. The maximum Gasteiger partial charge on any atom is 0.340 e. The molecule has 0 aliphatic heterocycles. The first-order valence-corrected chi connectivity index (χ1v) is 7.54. The normalized spacial score (nSPS) is 10.1. The number of ether oxygens (including phenoxy) is 2. The largest absolute Gasteiger partial charge is 0.495 e. The highest BCUT2D eigenvalue weighted by Crippen LogP contribution is 2.27. The van der Waals surface area contributed by atoms with Gasteiger partial charge in [-0.15, -0.1) is 0 Å². The number of methoxy groups -OCH3 is 1. The molecule has 2 aromatic rings. The van der Waals surface area contributed by atoms with E-state index in [9.17, 15) is 19.7 Å². The Morgan fingerprint density at radius 2 is 2.00 bits per heavy atom. The van der Waals surface area contributed by atoms with Crippen LogP contribution in [0.4, 0.5) is 17.1 Å². The molecule has 0 fully saturated rings. The zero-order valence-corrected chi connectivity index (χ0v) is 14.3. The number of benzene rings is 2. The SMILES string of the molecule is COc1ccc(Cl)cc1NC(=O)COC(=O)c1ccc([N+](=O)[O-])cc1N. The Hall–Kier alpha value is -3.33. The van der Waals surface area contributed by atoms with Gasteiger partial charge >= 0.3 is 5.97 Å². The number of hydrogen-bond acceptors (Lipinski definition) is 7. The van der Waals surface area contributed by atoms with Crippen molar-refractivity contribution < 1.29 is 24.0 Å². The molecule has 9 nitrogen and oxygen atoms in total. The van der Waals surface area contributed by atoms with Gasteiger partial charge in [-0.2, -0.15) is 0 Å². The van der Waals surface area contributed by atoms with Gasteiger partial charge in [-0.1, -0.05) is 11.6 Å². The van der Waals surface area contributed by atoms with Crippen LogP contribution in [0.3, 0.4) is 0 Å². The predicted octanol–water partition coefficient (Wildman–Crippen LogP) is 2.63. The van der Waals surface area contributed by atoms with Crippen LogP contribution in [0.2, 0.25) is 5.02 Å². The number of nitro benzene ring substituents is 1. The van der Waals surface area contributed by atoms with Gasteiger partial charge in [-0.25, -0.2) is 4.79 Å². The Morgan fingerprint density at radius 1 is 1.27 bits per heavy atom. The summed E-state index contributed by atoms with van der Waals surface area (Å²) in [6.07, 6.45) is 0. The molecule has 0 aromatic heterocycles. The number of carbonyl (C=O) groups excluding carboxylic acids is 2. The molecule has 0 atom stereocenters. The number of nitro groups is 1. The van der Waals surface area contributed by atoms with E-state index >= 15 is 0 Å².